The van der Waals surface area contributed by atoms with Gasteiger partial charge in [0.25, 0.3) is 5.91 Å². The fourth-order valence-electron chi connectivity index (χ4n) is 6.52. The molecule has 1 aliphatic heterocycles. The van der Waals surface area contributed by atoms with Crippen LogP contribution >= 0.6 is 23.2 Å². The summed E-state index contributed by atoms with van der Waals surface area (Å²) in [6, 6.07) is 31.6. The molecule has 0 aliphatic carbocycles. The maximum atomic E-state index is 14.4. The first-order chi connectivity index (χ1) is 24.2. The number of para-hydroxylation sites is 1. The van der Waals surface area contributed by atoms with Crippen LogP contribution in [0.3, 0.4) is 0 Å². The molecule has 0 saturated carbocycles. The summed E-state index contributed by atoms with van der Waals surface area (Å²) in [5.41, 5.74) is 12.1. The third-order valence-electron chi connectivity index (χ3n) is 8.94. The molecule has 7 rings (SSSR count). The third kappa shape index (κ3) is 7.94. The van der Waals surface area contributed by atoms with Crippen LogP contribution in [0, 0.1) is 0 Å². The zero-order valence-corrected chi connectivity index (χ0v) is 29.6. The van der Waals surface area contributed by atoms with E-state index in [1.807, 2.05) is 97.3 Å². The molecule has 10 heteroatoms. The van der Waals surface area contributed by atoms with Gasteiger partial charge in [0, 0.05) is 51.2 Å². The number of carbonyl (C=O) groups is 2. The maximum absolute atomic E-state index is 14.4. The van der Waals surface area contributed by atoms with Gasteiger partial charge in [-0.3, -0.25) is 14.5 Å². The number of imidazole rings is 1. The molecule has 6 aromatic rings. The Balaban J connectivity index is 0.00000103. The number of anilines is 1. The van der Waals surface area contributed by atoms with Crippen LogP contribution < -0.4 is 11.1 Å². The number of aromatic amines is 1. The number of piperidine rings is 1. The molecule has 0 bridgehead atoms. The van der Waals surface area contributed by atoms with E-state index in [4.69, 9.17) is 28.2 Å². The number of hydrogen-bond acceptors (Lipinski definition) is 4. The average Bonchev–Trinajstić information content (AvgIpc) is 3.71. The number of fused-ring (bicyclic) bond motifs is 1. The second-order valence-corrected chi connectivity index (χ2v) is 13.4. The number of likely N-dealkylation sites (tertiary alicyclic amines) is 1. The number of amides is 2. The van der Waals surface area contributed by atoms with E-state index in [-0.39, 0.29) is 17.9 Å². The van der Waals surface area contributed by atoms with Crippen LogP contribution in [0.1, 0.15) is 60.8 Å². The van der Waals surface area contributed by atoms with Gasteiger partial charge in [-0.05, 0) is 74.3 Å². The summed E-state index contributed by atoms with van der Waals surface area (Å²) in [5, 5.41) is 5.42. The molecule has 50 heavy (non-hydrogen) atoms. The highest BCUT2D eigenvalue weighted by atomic mass is 35.5. The van der Waals surface area contributed by atoms with E-state index in [2.05, 4.69) is 38.5 Å². The van der Waals surface area contributed by atoms with Crippen LogP contribution in [0.5, 0.6) is 0 Å². The van der Waals surface area contributed by atoms with Gasteiger partial charge in [-0.25, -0.2) is 4.98 Å². The Hall–Kier alpha value is -4.89. The topological polar surface area (TPSA) is 109 Å². The Kier molecular flexibility index (Phi) is 11.0. The Morgan fingerprint density at radius 1 is 0.900 bits per heavy atom. The number of hydrogen-bond donors (Lipinski definition) is 3. The van der Waals surface area contributed by atoms with Gasteiger partial charge in [0.05, 0.1) is 23.8 Å². The molecule has 2 aromatic heterocycles. The molecular formula is C40H40Cl2N6O2. The number of aromatic nitrogens is 3. The van der Waals surface area contributed by atoms with Gasteiger partial charge < -0.3 is 20.6 Å². The number of primary amides is 1. The van der Waals surface area contributed by atoms with Gasteiger partial charge in [-0.1, -0.05) is 96.4 Å². The minimum atomic E-state index is -0.333. The minimum absolute atomic E-state index is 0.101. The van der Waals surface area contributed by atoms with Crippen LogP contribution in [0.15, 0.2) is 103 Å². The van der Waals surface area contributed by atoms with Gasteiger partial charge in [-0.15, -0.1) is 0 Å². The fraction of sp³-hybridized carbons (Fsp3) is 0.225. The molecule has 1 atom stereocenters. The number of benzene rings is 4. The van der Waals surface area contributed by atoms with Gasteiger partial charge in [0.1, 0.15) is 5.69 Å². The van der Waals surface area contributed by atoms with Crippen molar-refractivity contribution in [3.8, 4) is 22.5 Å². The largest absolute Gasteiger partial charge is 0.370 e. The summed E-state index contributed by atoms with van der Waals surface area (Å²) in [4.78, 5) is 34.5. The molecular weight excluding hydrogens is 667 g/mol. The van der Waals surface area contributed by atoms with E-state index < -0.39 is 0 Å². The Bertz CT molecular complexity index is 2100. The molecule has 4 N–H and O–H groups in total. The van der Waals surface area contributed by atoms with Gasteiger partial charge in [-0.2, -0.15) is 0 Å². The van der Waals surface area contributed by atoms with Crippen molar-refractivity contribution in [1.82, 2.24) is 19.4 Å². The van der Waals surface area contributed by atoms with Gasteiger partial charge >= 0.3 is 0 Å². The van der Waals surface area contributed by atoms with E-state index in [1.165, 1.54) is 26.2 Å². The first-order valence-electron chi connectivity index (χ1n) is 16.8. The van der Waals surface area contributed by atoms with E-state index in [1.54, 1.807) is 0 Å². The monoisotopic (exact) mass is 706 g/mol. The molecule has 0 spiro atoms. The van der Waals surface area contributed by atoms with Crippen molar-refractivity contribution in [2.75, 3.05) is 18.4 Å². The molecule has 3 heterocycles. The van der Waals surface area contributed by atoms with Crippen molar-refractivity contribution >= 4 is 51.6 Å². The lowest BCUT2D eigenvalue weighted by atomic mass is 9.99. The molecule has 1 aliphatic rings. The number of H-pyrrole nitrogens is 1. The predicted octanol–water partition coefficient (Wildman–Crippen LogP) is 9.34. The number of carbonyl (C=O) groups excluding carboxylic acids is 2. The number of nitrogens with two attached hydrogens (primary N) is 1. The Morgan fingerprint density at radius 3 is 2.28 bits per heavy atom. The summed E-state index contributed by atoms with van der Waals surface area (Å²) >= 11 is 12.7. The summed E-state index contributed by atoms with van der Waals surface area (Å²) < 4.78 is 2.14. The highest BCUT2D eigenvalue weighted by Crippen LogP contribution is 2.41. The fourth-order valence-corrected chi connectivity index (χ4v) is 6.82. The molecule has 1 unspecified atom stereocenters. The smallest absolute Gasteiger partial charge is 0.272 e. The number of halogens is 2. The van der Waals surface area contributed by atoms with Gasteiger partial charge in [0.2, 0.25) is 5.91 Å². The Labute approximate surface area is 302 Å². The van der Waals surface area contributed by atoms with Crippen molar-refractivity contribution < 1.29 is 9.59 Å². The molecule has 4 aromatic carbocycles. The number of nitrogens with one attached hydrogen (secondary N) is 2. The SMILES string of the molecule is CC(N)=O.CC(c1ccc(Cl)cc1)n1cnc(-c2ccccc2)c1-c1c(C(=O)Nc2ccccc2CN2CCCCC2)[nH]c2cc(Cl)ccc12. The maximum Gasteiger partial charge on any atom is 0.272 e. The molecule has 2 amide bonds. The lowest BCUT2D eigenvalue weighted by Gasteiger charge is -2.27. The average molecular weight is 708 g/mol. The predicted molar refractivity (Wildman–Crippen MR) is 204 cm³/mol. The van der Waals surface area contributed by atoms with Crippen molar-refractivity contribution in [2.24, 2.45) is 5.73 Å². The highest BCUT2D eigenvalue weighted by Gasteiger charge is 2.28. The van der Waals surface area contributed by atoms with Crippen molar-refractivity contribution in [2.45, 2.75) is 45.7 Å². The van der Waals surface area contributed by atoms with E-state index >= 15 is 0 Å². The zero-order chi connectivity index (χ0) is 35.2. The molecule has 1 saturated heterocycles. The molecule has 1 fully saturated rings. The normalized spacial score (nSPS) is 13.8. The minimum Gasteiger partial charge on any atom is -0.370 e. The second kappa shape index (κ2) is 15.8. The van der Waals surface area contributed by atoms with E-state index in [0.29, 0.717) is 15.7 Å². The first-order valence-corrected chi connectivity index (χ1v) is 17.5. The third-order valence-corrected chi connectivity index (χ3v) is 9.43. The van der Waals surface area contributed by atoms with Crippen LogP contribution in [-0.2, 0) is 11.3 Å². The summed E-state index contributed by atoms with van der Waals surface area (Å²) in [6.07, 6.45) is 5.56. The number of rotatable bonds is 8. The van der Waals surface area contributed by atoms with Crippen LogP contribution in [0.2, 0.25) is 10.0 Å². The molecule has 256 valence electrons. The lowest BCUT2D eigenvalue weighted by molar-refractivity contribution is -0.115. The van der Waals surface area contributed by atoms with E-state index in [9.17, 15) is 9.59 Å². The lowest BCUT2D eigenvalue weighted by Crippen LogP contribution is -2.29. The van der Waals surface area contributed by atoms with Crippen LogP contribution in [-0.4, -0.2) is 44.3 Å². The quantitative estimate of drug-likeness (QED) is 0.147. The first kappa shape index (κ1) is 35.0. The van der Waals surface area contributed by atoms with Crippen LogP contribution in [0.25, 0.3) is 33.4 Å². The Morgan fingerprint density at radius 2 is 1.56 bits per heavy atom. The number of nitrogens with zero attached hydrogens (tertiary/aromatic N) is 3. The second-order valence-electron chi connectivity index (χ2n) is 12.6. The van der Waals surface area contributed by atoms with Gasteiger partial charge in [0.15, 0.2) is 0 Å². The molecule has 8 nitrogen and oxygen atoms in total. The van der Waals surface area contributed by atoms with E-state index in [0.717, 1.165) is 69.9 Å². The summed E-state index contributed by atoms with van der Waals surface area (Å²) in [6.45, 7) is 6.39. The van der Waals surface area contributed by atoms with Crippen molar-refractivity contribution in [1.29, 1.82) is 0 Å². The van der Waals surface area contributed by atoms with Crippen molar-refractivity contribution in [3.63, 3.8) is 0 Å². The standard InChI is InChI=1S/C38H35Cl2N5O.C2H5NO/c1-25(26-14-16-29(39)17-15-26)45-24-41-35(27-10-4-2-5-11-27)37(45)34-31-19-18-30(40)22-33(31)42-36(34)38(46)43-32-13-7-6-12-28(32)23-44-20-8-3-9-21-44;1-2(3)4/h2,4-7,10-19,22,24-25,42H,3,8-9,20-21,23H2,1H3,(H,43,46);1H3,(H2,3,4). The highest BCUT2D eigenvalue weighted by molar-refractivity contribution is 6.31. The summed E-state index contributed by atoms with van der Waals surface area (Å²) in [5.74, 6) is -0.556. The van der Waals surface area contributed by atoms with Crippen LogP contribution in [0.4, 0.5) is 5.69 Å². The van der Waals surface area contributed by atoms with Crippen molar-refractivity contribution in [3.05, 3.63) is 130 Å². The molecule has 0 radical (unpaired) electrons. The zero-order valence-electron chi connectivity index (χ0n) is 28.1. The summed E-state index contributed by atoms with van der Waals surface area (Å²) in [7, 11) is 0.